The monoisotopic (exact) mass is 341 g/mol. The van der Waals surface area contributed by atoms with E-state index in [1.807, 2.05) is 12.2 Å². The van der Waals surface area contributed by atoms with E-state index in [4.69, 9.17) is 14.6 Å². The molecule has 25 heavy (non-hydrogen) atoms. The number of carboxylic acids is 1. The molecule has 6 nitrogen and oxygen atoms in total. The summed E-state index contributed by atoms with van der Waals surface area (Å²) in [6, 6.07) is 5.95. The Kier molecular flexibility index (Phi) is 6.17. The molecule has 0 aromatic heterocycles. The van der Waals surface area contributed by atoms with E-state index in [0.29, 0.717) is 23.6 Å². The van der Waals surface area contributed by atoms with E-state index >= 15 is 0 Å². The van der Waals surface area contributed by atoms with Crippen LogP contribution in [0.4, 0.5) is 5.69 Å². The highest BCUT2D eigenvalue weighted by atomic mass is 16.5. The van der Waals surface area contributed by atoms with E-state index < -0.39 is 5.97 Å². The molecule has 1 aromatic carbocycles. The Balaban J connectivity index is 1.98. The second-order valence-electron chi connectivity index (χ2n) is 5.14. The molecule has 2 N–H and O–H groups in total. The van der Waals surface area contributed by atoms with Crippen molar-refractivity contribution in [2.75, 3.05) is 19.5 Å². The lowest BCUT2D eigenvalue weighted by Gasteiger charge is -2.06. The summed E-state index contributed by atoms with van der Waals surface area (Å²) in [5.74, 6) is 0.0353. The highest BCUT2D eigenvalue weighted by molar-refractivity contribution is 6.00. The third-order valence-electron chi connectivity index (χ3n) is 3.52. The zero-order valence-electron chi connectivity index (χ0n) is 14.0. The van der Waals surface area contributed by atoms with E-state index in [2.05, 4.69) is 5.32 Å². The Hall–Kier alpha value is -3.28. The second kappa shape index (κ2) is 8.54. The molecule has 1 aromatic rings. The van der Waals surface area contributed by atoms with Crippen LogP contribution >= 0.6 is 0 Å². The minimum absolute atomic E-state index is 0.165. The van der Waals surface area contributed by atoms with Crippen LogP contribution in [0.2, 0.25) is 0 Å². The van der Waals surface area contributed by atoms with E-state index in [1.165, 1.54) is 18.2 Å². The van der Waals surface area contributed by atoms with Gasteiger partial charge in [0.1, 0.15) is 5.76 Å². The van der Waals surface area contributed by atoms with Crippen LogP contribution in [-0.2, 0) is 14.3 Å². The summed E-state index contributed by atoms with van der Waals surface area (Å²) in [7, 11) is 3.16. The summed E-state index contributed by atoms with van der Waals surface area (Å²) < 4.78 is 10.5. The summed E-state index contributed by atoms with van der Waals surface area (Å²) in [6.45, 7) is 0. The first-order chi connectivity index (χ1) is 12.0. The van der Waals surface area contributed by atoms with Crippen molar-refractivity contribution < 1.29 is 24.2 Å². The number of rotatable bonds is 6. The Morgan fingerprint density at radius 2 is 1.84 bits per heavy atom. The largest absolute Gasteiger partial charge is 0.497 e. The molecule has 0 bridgehead atoms. The number of anilines is 1. The van der Waals surface area contributed by atoms with Crippen molar-refractivity contribution in [2.45, 2.75) is 6.42 Å². The molecule has 0 aliphatic heterocycles. The third-order valence-corrected chi connectivity index (χ3v) is 3.52. The highest BCUT2D eigenvalue weighted by Gasteiger charge is 2.08. The number of methoxy groups -OCH3 is 2. The van der Waals surface area contributed by atoms with Crippen LogP contribution in [0.5, 0.6) is 0 Å². The maximum atomic E-state index is 12.0. The Morgan fingerprint density at radius 1 is 1.12 bits per heavy atom. The van der Waals surface area contributed by atoms with Gasteiger partial charge in [0.25, 0.3) is 0 Å². The second-order valence-corrected chi connectivity index (χ2v) is 5.14. The van der Waals surface area contributed by atoms with Gasteiger partial charge in [0.15, 0.2) is 5.76 Å². The fourth-order valence-electron chi connectivity index (χ4n) is 2.19. The molecule has 2 rings (SSSR count). The van der Waals surface area contributed by atoms with Crippen molar-refractivity contribution in [3.8, 4) is 0 Å². The summed E-state index contributed by atoms with van der Waals surface area (Å²) in [5, 5.41) is 11.5. The maximum absolute atomic E-state index is 12.0. The lowest BCUT2D eigenvalue weighted by atomic mass is 10.2. The standard InChI is InChI=1S/C19H19NO5/c1-24-16-10-3-13(4-11-17(16)25-2)5-12-18(21)20-15-8-6-14(7-9-15)19(22)23/h3-10,12H,11H2,1-2H3,(H,20,21)(H,22,23)/b12-5+. The summed E-state index contributed by atoms with van der Waals surface area (Å²) in [5.41, 5.74) is 1.53. The third kappa shape index (κ3) is 5.10. The topological polar surface area (TPSA) is 84.9 Å². The van der Waals surface area contributed by atoms with Crippen molar-refractivity contribution in [1.82, 2.24) is 0 Å². The number of benzene rings is 1. The zero-order valence-corrected chi connectivity index (χ0v) is 14.0. The smallest absolute Gasteiger partial charge is 0.335 e. The van der Waals surface area contributed by atoms with Crippen LogP contribution in [0.15, 0.2) is 71.7 Å². The van der Waals surface area contributed by atoms with Gasteiger partial charge in [-0.2, -0.15) is 0 Å². The molecule has 1 aliphatic rings. The number of carbonyl (C=O) groups is 2. The van der Waals surface area contributed by atoms with Crippen molar-refractivity contribution in [3.63, 3.8) is 0 Å². The van der Waals surface area contributed by atoms with E-state index in [0.717, 1.165) is 5.57 Å². The fraction of sp³-hybridized carbons (Fsp3) is 0.158. The summed E-state index contributed by atoms with van der Waals surface area (Å²) >= 11 is 0. The van der Waals surface area contributed by atoms with Crippen molar-refractivity contribution in [1.29, 1.82) is 0 Å². The fourth-order valence-corrected chi connectivity index (χ4v) is 2.19. The van der Waals surface area contributed by atoms with Gasteiger partial charge in [-0.05, 0) is 42.0 Å². The number of carbonyl (C=O) groups excluding carboxylic acids is 1. The highest BCUT2D eigenvalue weighted by Crippen LogP contribution is 2.19. The molecule has 0 radical (unpaired) electrons. The van der Waals surface area contributed by atoms with Crippen LogP contribution in [-0.4, -0.2) is 31.2 Å². The molecule has 0 saturated heterocycles. The lowest BCUT2D eigenvalue weighted by Crippen LogP contribution is -2.08. The Bertz CT molecular complexity index is 770. The van der Waals surface area contributed by atoms with Crippen molar-refractivity contribution >= 4 is 17.6 Å². The average molecular weight is 341 g/mol. The van der Waals surface area contributed by atoms with Gasteiger partial charge in [-0.25, -0.2) is 4.79 Å². The van der Waals surface area contributed by atoms with Crippen LogP contribution in [0, 0.1) is 0 Å². The van der Waals surface area contributed by atoms with Gasteiger partial charge >= 0.3 is 5.97 Å². The van der Waals surface area contributed by atoms with E-state index in [9.17, 15) is 9.59 Å². The zero-order chi connectivity index (χ0) is 18.2. The first kappa shape index (κ1) is 18.1. The van der Waals surface area contributed by atoms with Crippen molar-refractivity contribution in [2.24, 2.45) is 0 Å². The minimum atomic E-state index is -1.01. The number of carboxylic acid groups (broad SMARTS) is 1. The molecule has 0 saturated carbocycles. The molecule has 0 spiro atoms. The molecule has 0 fully saturated rings. The Morgan fingerprint density at radius 3 is 2.44 bits per heavy atom. The summed E-state index contributed by atoms with van der Waals surface area (Å²) in [4.78, 5) is 22.8. The van der Waals surface area contributed by atoms with Gasteiger partial charge in [0, 0.05) is 18.2 Å². The molecular formula is C19H19NO5. The first-order valence-electron chi connectivity index (χ1n) is 7.55. The molecule has 0 atom stereocenters. The van der Waals surface area contributed by atoms with Gasteiger partial charge in [-0.15, -0.1) is 0 Å². The minimum Gasteiger partial charge on any atom is -0.497 e. The number of allylic oxidation sites excluding steroid dienone is 5. The normalized spacial score (nSPS) is 14.1. The molecule has 1 aliphatic carbocycles. The number of ether oxygens (including phenoxy) is 2. The van der Waals surface area contributed by atoms with Gasteiger partial charge in [0.05, 0.1) is 19.8 Å². The maximum Gasteiger partial charge on any atom is 0.335 e. The number of hydrogen-bond donors (Lipinski definition) is 2. The lowest BCUT2D eigenvalue weighted by molar-refractivity contribution is -0.111. The molecular weight excluding hydrogens is 322 g/mol. The Labute approximate surface area is 145 Å². The predicted molar refractivity (Wildman–Crippen MR) is 94.1 cm³/mol. The van der Waals surface area contributed by atoms with Crippen LogP contribution in [0.1, 0.15) is 16.8 Å². The molecule has 130 valence electrons. The molecule has 6 heteroatoms. The van der Waals surface area contributed by atoms with E-state index in [1.54, 1.807) is 38.5 Å². The number of nitrogens with one attached hydrogen (secondary N) is 1. The van der Waals surface area contributed by atoms with Gasteiger partial charge in [-0.3, -0.25) is 4.79 Å². The van der Waals surface area contributed by atoms with Crippen molar-refractivity contribution in [3.05, 3.63) is 77.3 Å². The SMILES string of the molecule is COC1=C(OC)CC=C(/C=C/C(=O)Nc2ccc(C(=O)O)cc2)C=C1. The predicted octanol–water partition coefficient (Wildman–Crippen LogP) is 3.27. The van der Waals surface area contributed by atoms with Crippen LogP contribution in [0.25, 0.3) is 0 Å². The van der Waals surface area contributed by atoms with Gasteiger partial charge < -0.3 is 19.9 Å². The van der Waals surface area contributed by atoms with E-state index in [-0.39, 0.29) is 11.5 Å². The first-order valence-corrected chi connectivity index (χ1v) is 7.55. The quantitative estimate of drug-likeness (QED) is 0.776. The van der Waals surface area contributed by atoms with Gasteiger partial charge in [-0.1, -0.05) is 12.2 Å². The average Bonchev–Trinajstić information content (AvgIpc) is 2.82. The van der Waals surface area contributed by atoms with Crippen LogP contribution in [0.3, 0.4) is 0 Å². The molecule has 1 amide bonds. The number of hydrogen-bond acceptors (Lipinski definition) is 4. The number of amides is 1. The summed E-state index contributed by atoms with van der Waals surface area (Å²) in [6.07, 6.45) is 9.19. The van der Waals surface area contributed by atoms with Gasteiger partial charge in [0.2, 0.25) is 5.91 Å². The van der Waals surface area contributed by atoms with Crippen LogP contribution < -0.4 is 5.32 Å². The number of aromatic carboxylic acids is 1. The molecule has 0 unspecified atom stereocenters. The molecule has 0 heterocycles.